The number of aromatic hydroxyl groups is 1. The second-order valence-electron chi connectivity index (χ2n) is 3.93. The molecule has 17 heavy (non-hydrogen) atoms. The van der Waals surface area contributed by atoms with Crippen LogP contribution in [0.4, 0.5) is 0 Å². The molecule has 2 heterocycles. The largest absolute Gasteiger partial charge is 0.493 e. The molecule has 0 unspecified atom stereocenters. The Morgan fingerprint density at radius 2 is 2.00 bits per heavy atom. The van der Waals surface area contributed by atoms with Crippen molar-refractivity contribution in [3.05, 3.63) is 46.5 Å². The second kappa shape index (κ2) is 4.00. The average Bonchev–Trinajstić information content (AvgIpc) is 2.64. The molecule has 0 aliphatic carbocycles. The van der Waals surface area contributed by atoms with Gasteiger partial charge < -0.3 is 5.11 Å². The van der Waals surface area contributed by atoms with Crippen LogP contribution in [0.15, 0.2) is 35.1 Å². The molecule has 2 aromatic rings. The SMILES string of the molecule is O=c1n2c(c(O)n1-c1ccccc1)CSCC2. The Balaban J connectivity index is 2.25. The van der Waals surface area contributed by atoms with E-state index < -0.39 is 0 Å². The summed E-state index contributed by atoms with van der Waals surface area (Å²) in [5.41, 5.74) is 1.29. The van der Waals surface area contributed by atoms with Crippen LogP contribution in [0.5, 0.6) is 5.88 Å². The fraction of sp³-hybridized carbons (Fsp3) is 0.250. The van der Waals surface area contributed by atoms with Gasteiger partial charge in [0, 0.05) is 18.1 Å². The molecule has 0 atom stereocenters. The van der Waals surface area contributed by atoms with Crippen molar-refractivity contribution in [1.82, 2.24) is 9.13 Å². The number of para-hydroxylation sites is 1. The van der Waals surface area contributed by atoms with Gasteiger partial charge in [-0.2, -0.15) is 11.8 Å². The van der Waals surface area contributed by atoms with Crippen LogP contribution < -0.4 is 5.69 Å². The highest BCUT2D eigenvalue weighted by molar-refractivity contribution is 7.98. The lowest BCUT2D eigenvalue weighted by atomic mass is 10.3. The maximum atomic E-state index is 12.2. The van der Waals surface area contributed by atoms with Crippen LogP contribution in [0.25, 0.3) is 5.69 Å². The Labute approximate surface area is 103 Å². The van der Waals surface area contributed by atoms with E-state index in [2.05, 4.69) is 0 Å². The molecule has 1 aliphatic heterocycles. The Kier molecular flexibility index (Phi) is 2.48. The fourth-order valence-corrected chi connectivity index (χ4v) is 3.02. The van der Waals surface area contributed by atoms with Crippen molar-refractivity contribution >= 4 is 11.8 Å². The van der Waals surface area contributed by atoms with Crippen LogP contribution in [-0.2, 0) is 12.3 Å². The predicted molar refractivity (Wildman–Crippen MR) is 67.9 cm³/mol. The lowest BCUT2D eigenvalue weighted by Gasteiger charge is -2.11. The van der Waals surface area contributed by atoms with Crippen molar-refractivity contribution in [2.45, 2.75) is 12.3 Å². The highest BCUT2D eigenvalue weighted by atomic mass is 32.2. The summed E-state index contributed by atoms with van der Waals surface area (Å²) >= 11 is 1.74. The number of rotatable bonds is 1. The minimum Gasteiger partial charge on any atom is -0.493 e. The first-order valence-electron chi connectivity index (χ1n) is 5.45. The average molecular weight is 248 g/mol. The van der Waals surface area contributed by atoms with Crippen LogP contribution in [0, 0.1) is 0 Å². The maximum Gasteiger partial charge on any atom is 0.335 e. The molecule has 5 heteroatoms. The third kappa shape index (κ3) is 1.58. The summed E-state index contributed by atoms with van der Waals surface area (Å²) in [6, 6.07) is 9.23. The summed E-state index contributed by atoms with van der Waals surface area (Å²) in [6.07, 6.45) is 0. The third-order valence-electron chi connectivity index (χ3n) is 2.93. The third-order valence-corrected chi connectivity index (χ3v) is 3.88. The molecule has 0 radical (unpaired) electrons. The van der Waals surface area contributed by atoms with E-state index in [1.165, 1.54) is 4.57 Å². The molecule has 0 fully saturated rings. The fourth-order valence-electron chi connectivity index (χ4n) is 2.08. The zero-order chi connectivity index (χ0) is 11.8. The molecule has 0 saturated heterocycles. The van der Waals surface area contributed by atoms with E-state index >= 15 is 0 Å². The number of hydrogen-bond acceptors (Lipinski definition) is 3. The number of aromatic nitrogens is 2. The lowest BCUT2D eigenvalue weighted by Crippen LogP contribution is -2.26. The van der Waals surface area contributed by atoms with Gasteiger partial charge in [0.15, 0.2) is 0 Å². The van der Waals surface area contributed by atoms with Crippen LogP contribution in [-0.4, -0.2) is 20.0 Å². The van der Waals surface area contributed by atoms with Gasteiger partial charge in [-0.1, -0.05) is 18.2 Å². The molecule has 0 spiro atoms. The van der Waals surface area contributed by atoms with Crippen molar-refractivity contribution in [2.24, 2.45) is 0 Å². The van der Waals surface area contributed by atoms with E-state index in [4.69, 9.17) is 0 Å². The van der Waals surface area contributed by atoms with Crippen molar-refractivity contribution in [2.75, 3.05) is 5.75 Å². The molecule has 0 amide bonds. The van der Waals surface area contributed by atoms with Crippen molar-refractivity contribution in [3.63, 3.8) is 0 Å². The molecular formula is C12H12N2O2S. The smallest absolute Gasteiger partial charge is 0.335 e. The van der Waals surface area contributed by atoms with E-state index in [9.17, 15) is 9.90 Å². The number of benzene rings is 1. The van der Waals surface area contributed by atoms with Gasteiger partial charge in [-0.15, -0.1) is 0 Å². The summed E-state index contributed by atoms with van der Waals surface area (Å²) in [4.78, 5) is 12.2. The maximum absolute atomic E-state index is 12.2. The molecule has 1 aromatic heterocycles. The van der Waals surface area contributed by atoms with Crippen LogP contribution >= 0.6 is 11.8 Å². The summed E-state index contributed by atoms with van der Waals surface area (Å²) in [5.74, 6) is 1.69. The van der Waals surface area contributed by atoms with Crippen molar-refractivity contribution < 1.29 is 5.11 Å². The van der Waals surface area contributed by atoms with Gasteiger partial charge in [0.1, 0.15) is 0 Å². The number of fused-ring (bicyclic) bond motifs is 1. The van der Waals surface area contributed by atoms with Crippen molar-refractivity contribution in [1.29, 1.82) is 0 Å². The highest BCUT2D eigenvalue weighted by Crippen LogP contribution is 2.27. The molecule has 1 N–H and O–H groups in total. The molecule has 0 saturated carbocycles. The number of nitrogens with zero attached hydrogens (tertiary/aromatic N) is 2. The topological polar surface area (TPSA) is 47.2 Å². The van der Waals surface area contributed by atoms with Gasteiger partial charge in [-0.3, -0.25) is 4.57 Å². The Bertz CT molecular complexity index is 601. The van der Waals surface area contributed by atoms with Crippen LogP contribution in [0.3, 0.4) is 0 Å². The zero-order valence-electron chi connectivity index (χ0n) is 9.17. The minimum absolute atomic E-state index is 0.0772. The molecule has 0 bridgehead atoms. The van der Waals surface area contributed by atoms with Crippen LogP contribution in [0.2, 0.25) is 0 Å². The first-order chi connectivity index (χ1) is 8.29. The summed E-state index contributed by atoms with van der Waals surface area (Å²) < 4.78 is 3.04. The first kappa shape index (κ1) is 10.5. The quantitative estimate of drug-likeness (QED) is 0.833. The monoisotopic (exact) mass is 248 g/mol. The van der Waals surface area contributed by atoms with E-state index in [1.54, 1.807) is 16.3 Å². The standard InChI is InChI=1S/C12H12N2O2S/c15-11-10-8-17-7-6-13(10)12(16)14(11)9-4-2-1-3-5-9/h1-5,15H,6-8H2. The number of thioether (sulfide) groups is 1. The molecule has 1 aliphatic rings. The Morgan fingerprint density at radius 3 is 2.71 bits per heavy atom. The second-order valence-corrected chi connectivity index (χ2v) is 5.03. The van der Waals surface area contributed by atoms with E-state index in [0.717, 1.165) is 11.4 Å². The number of imidazole rings is 1. The van der Waals surface area contributed by atoms with Gasteiger partial charge in [-0.25, -0.2) is 9.36 Å². The van der Waals surface area contributed by atoms with Gasteiger partial charge in [0.25, 0.3) is 0 Å². The van der Waals surface area contributed by atoms with Crippen LogP contribution in [0.1, 0.15) is 5.69 Å². The Hall–Kier alpha value is -1.62. The molecule has 3 rings (SSSR count). The summed E-state index contributed by atoms with van der Waals surface area (Å²) in [5, 5.41) is 10.1. The van der Waals surface area contributed by atoms with Gasteiger partial charge >= 0.3 is 5.69 Å². The molecule has 88 valence electrons. The predicted octanol–water partition coefficient (Wildman–Crippen LogP) is 1.59. The lowest BCUT2D eigenvalue weighted by molar-refractivity contribution is 0.435. The first-order valence-corrected chi connectivity index (χ1v) is 6.61. The molecule has 1 aromatic carbocycles. The summed E-state index contributed by atoms with van der Waals surface area (Å²) in [7, 11) is 0. The number of hydrogen-bond donors (Lipinski definition) is 1. The van der Waals surface area contributed by atoms with Gasteiger partial charge in [0.05, 0.1) is 11.4 Å². The van der Waals surface area contributed by atoms with E-state index in [0.29, 0.717) is 18.0 Å². The Morgan fingerprint density at radius 1 is 1.24 bits per heavy atom. The summed E-state index contributed by atoms with van der Waals surface area (Å²) in [6.45, 7) is 0.673. The van der Waals surface area contributed by atoms with Crippen molar-refractivity contribution in [3.8, 4) is 11.6 Å². The van der Waals surface area contributed by atoms with E-state index in [-0.39, 0.29) is 11.6 Å². The molecule has 4 nitrogen and oxygen atoms in total. The zero-order valence-corrected chi connectivity index (χ0v) is 9.98. The molecular weight excluding hydrogens is 236 g/mol. The highest BCUT2D eigenvalue weighted by Gasteiger charge is 2.22. The van der Waals surface area contributed by atoms with E-state index in [1.807, 2.05) is 30.3 Å². The van der Waals surface area contributed by atoms with Gasteiger partial charge in [-0.05, 0) is 12.1 Å². The normalized spacial score (nSPS) is 14.6. The minimum atomic E-state index is -0.149. The van der Waals surface area contributed by atoms with Gasteiger partial charge in [0.2, 0.25) is 5.88 Å².